The number of Topliss-reactive ketones (excluding diaryl/α,β-unsaturated/α-hetero) is 1. The van der Waals surface area contributed by atoms with Gasteiger partial charge >= 0.3 is 0 Å². The Morgan fingerprint density at radius 3 is 2.62 bits per heavy atom. The van der Waals surface area contributed by atoms with Gasteiger partial charge in [0.25, 0.3) is 0 Å². The summed E-state index contributed by atoms with van der Waals surface area (Å²) >= 11 is 0. The monoisotopic (exact) mass is 430 g/mol. The summed E-state index contributed by atoms with van der Waals surface area (Å²) in [6.07, 6.45) is 3.34. The molecule has 3 aromatic rings. The van der Waals surface area contributed by atoms with Crippen molar-refractivity contribution in [3.63, 3.8) is 0 Å². The number of hydrogen-bond donors (Lipinski definition) is 2. The molecule has 0 amide bonds. The average molecular weight is 431 g/mol. The number of aromatic amines is 1. The maximum Gasteiger partial charge on any atom is 0.163 e. The molecule has 0 fully saturated rings. The minimum atomic E-state index is -0.119. The van der Waals surface area contributed by atoms with Crippen LogP contribution in [0.5, 0.6) is 17.2 Å². The normalized spacial score (nSPS) is 16.9. The van der Waals surface area contributed by atoms with Crippen molar-refractivity contribution in [2.45, 2.75) is 40.0 Å². The van der Waals surface area contributed by atoms with E-state index in [1.807, 2.05) is 37.3 Å². The Bertz CT molecular complexity index is 1270. The quantitative estimate of drug-likeness (QED) is 0.586. The van der Waals surface area contributed by atoms with Crippen molar-refractivity contribution < 1.29 is 19.4 Å². The number of carbonyl (C=O) groups is 1. The first-order chi connectivity index (χ1) is 15.3. The van der Waals surface area contributed by atoms with E-state index in [9.17, 15) is 9.90 Å². The predicted molar refractivity (Wildman–Crippen MR) is 122 cm³/mol. The highest BCUT2D eigenvalue weighted by molar-refractivity contribution is 5.98. The molecular weight excluding hydrogens is 404 g/mol. The van der Waals surface area contributed by atoms with Gasteiger partial charge in [0, 0.05) is 41.5 Å². The van der Waals surface area contributed by atoms with Crippen LogP contribution in [0.2, 0.25) is 0 Å². The third-order valence-corrected chi connectivity index (χ3v) is 6.37. The number of nitrogens with zero attached hydrogens (tertiary/aromatic N) is 1. The Morgan fingerprint density at radius 1 is 1.16 bits per heavy atom. The van der Waals surface area contributed by atoms with E-state index in [-0.39, 0.29) is 16.9 Å². The second-order valence-electron chi connectivity index (χ2n) is 9.41. The summed E-state index contributed by atoms with van der Waals surface area (Å²) in [4.78, 5) is 12.8. The molecule has 0 spiro atoms. The Kier molecular flexibility index (Phi) is 4.62. The molecule has 6 heteroatoms. The number of H-pyrrole nitrogens is 1. The van der Waals surface area contributed by atoms with Gasteiger partial charge in [0.2, 0.25) is 0 Å². The average Bonchev–Trinajstić information content (AvgIpc) is 3.24. The van der Waals surface area contributed by atoms with Crippen LogP contribution in [0.1, 0.15) is 37.8 Å². The molecule has 0 atom stereocenters. The number of allylic oxidation sites excluding steroid dienone is 2. The van der Waals surface area contributed by atoms with Crippen molar-refractivity contribution in [3.8, 4) is 39.6 Å². The molecule has 32 heavy (non-hydrogen) atoms. The van der Waals surface area contributed by atoms with Crippen LogP contribution in [0.15, 0.2) is 47.9 Å². The summed E-state index contributed by atoms with van der Waals surface area (Å²) in [6.45, 7) is 6.13. The van der Waals surface area contributed by atoms with Crippen molar-refractivity contribution in [3.05, 3.63) is 59.0 Å². The van der Waals surface area contributed by atoms with Gasteiger partial charge in [-0.15, -0.1) is 0 Å². The summed E-state index contributed by atoms with van der Waals surface area (Å²) in [6, 6.07) is 9.61. The molecule has 0 saturated heterocycles. The summed E-state index contributed by atoms with van der Waals surface area (Å²) in [7, 11) is 1.63. The highest BCUT2D eigenvalue weighted by Crippen LogP contribution is 2.49. The van der Waals surface area contributed by atoms with Gasteiger partial charge in [0.1, 0.15) is 23.0 Å². The van der Waals surface area contributed by atoms with Crippen molar-refractivity contribution in [2.24, 2.45) is 5.41 Å². The topological polar surface area (TPSA) is 84.4 Å². The number of hydrogen-bond acceptors (Lipinski definition) is 5. The number of nitrogens with one attached hydrogen (secondary N) is 1. The van der Waals surface area contributed by atoms with Gasteiger partial charge in [-0.1, -0.05) is 26.0 Å². The summed E-state index contributed by atoms with van der Waals surface area (Å²) in [5, 5.41) is 18.6. The number of aromatic nitrogens is 2. The summed E-state index contributed by atoms with van der Waals surface area (Å²) in [5.74, 6) is 2.39. The largest absolute Gasteiger partial charge is 0.507 e. The molecular formula is C26H26N2O4. The SMILES string of the molecule is COc1ccc(-c2cn[nH]c2-c2cc(C)c3c(c2O)CC2=C(CC(C)(C)CC2=O)O3)cc1. The molecule has 1 aliphatic carbocycles. The zero-order chi connectivity index (χ0) is 22.6. The second-order valence-corrected chi connectivity index (χ2v) is 9.41. The van der Waals surface area contributed by atoms with Gasteiger partial charge in [-0.25, -0.2) is 0 Å². The first kappa shape index (κ1) is 20.4. The van der Waals surface area contributed by atoms with Crippen LogP contribution in [-0.4, -0.2) is 28.2 Å². The van der Waals surface area contributed by atoms with Gasteiger partial charge in [-0.2, -0.15) is 5.10 Å². The van der Waals surface area contributed by atoms with Crippen LogP contribution in [0.25, 0.3) is 22.4 Å². The van der Waals surface area contributed by atoms with Crippen molar-refractivity contribution in [2.75, 3.05) is 7.11 Å². The molecule has 2 N–H and O–H groups in total. The lowest BCUT2D eigenvalue weighted by Gasteiger charge is -2.35. The fraction of sp³-hybridized carbons (Fsp3) is 0.308. The lowest BCUT2D eigenvalue weighted by molar-refractivity contribution is -0.118. The maximum absolute atomic E-state index is 12.8. The number of fused-ring (bicyclic) bond motifs is 1. The van der Waals surface area contributed by atoms with E-state index in [1.165, 1.54) is 0 Å². The number of aromatic hydroxyl groups is 1. The molecule has 0 bridgehead atoms. The van der Waals surface area contributed by atoms with E-state index in [4.69, 9.17) is 9.47 Å². The van der Waals surface area contributed by atoms with Crippen LogP contribution >= 0.6 is 0 Å². The van der Waals surface area contributed by atoms with Crippen LogP contribution in [0.4, 0.5) is 0 Å². The minimum absolute atomic E-state index is 0.102. The third-order valence-electron chi connectivity index (χ3n) is 6.37. The van der Waals surface area contributed by atoms with Crippen LogP contribution in [0, 0.1) is 12.3 Å². The van der Waals surface area contributed by atoms with E-state index in [0.717, 1.165) is 40.3 Å². The lowest BCUT2D eigenvalue weighted by Crippen LogP contribution is -2.30. The smallest absolute Gasteiger partial charge is 0.163 e. The van der Waals surface area contributed by atoms with Gasteiger partial charge < -0.3 is 14.6 Å². The molecule has 0 radical (unpaired) electrons. The Morgan fingerprint density at radius 2 is 1.91 bits per heavy atom. The molecule has 6 nitrogen and oxygen atoms in total. The minimum Gasteiger partial charge on any atom is -0.507 e. The number of aryl methyl sites for hydroxylation is 1. The van der Waals surface area contributed by atoms with Gasteiger partial charge in [-0.3, -0.25) is 9.89 Å². The number of phenolic OH excluding ortho intramolecular Hbond substituents is 1. The number of rotatable bonds is 3. The van der Waals surface area contributed by atoms with Gasteiger partial charge in [0.05, 0.1) is 19.0 Å². The zero-order valence-corrected chi connectivity index (χ0v) is 18.7. The molecule has 1 aromatic heterocycles. The van der Waals surface area contributed by atoms with E-state index >= 15 is 0 Å². The molecule has 2 aliphatic rings. The van der Waals surface area contributed by atoms with Crippen molar-refractivity contribution in [1.29, 1.82) is 0 Å². The first-order valence-corrected chi connectivity index (χ1v) is 10.7. The van der Waals surface area contributed by atoms with Gasteiger partial charge in [0.15, 0.2) is 5.78 Å². The highest BCUT2D eigenvalue weighted by Gasteiger charge is 2.38. The molecule has 0 unspecified atom stereocenters. The highest BCUT2D eigenvalue weighted by atomic mass is 16.5. The molecule has 1 aliphatic heterocycles. The Balaban J connectivity index is 1.59. The van der Waals surface area contributed by atoms with Gasteiger partial charge in [-0.05, 0) is 41.7 Å². The summed E-state index contributed by atoms with van der Waals surface area (Å²) in [5.41, 5.74) is 5.31. The zero-order valence-electron chi connectivity index (χ0n) is 18.7. The van der Waals surface area contributed by atoms with E-state index < -0.39 is 0 Å². The maximum atomic E-state index is 12.8. The van der Waals surface area contributed by atoms with Crippen molar-refractivity contribution in [1.82, 2.24) is 10.2 Å². The second kappa shape index (κ2) is 7.26. The molecule has 0 saturated carbocycles. The fourth-order valence-electron chi connectivity index (χ4n) is 4.73. The molecule has 164 valence electrons. The molecule has 5 rings (SSSR count). The molecule has 2 heterocycles. The van der Waals surface area contributed by atoms with E-state index in [0.29, 0.717) is 35.3 Å². The third kappa shape index (κ3) is 3.27. The number of ketones is 1. The van der Waals surface area contributed by atoms with E-state index in [1.54, 1.807) is 13.3 Å². The summed E-state index contributed by atoms with van der Waals surface area (Å²) < 4.78 is 11.5. The van der Waals surface area contributed by atoms with Crippen LogP contribution in [0.3, 0.4) is 0 Å². The number of benzene rings is 2. The Hall–Kier alpha value is -3.54. The van der Waals surface area contributed by atoms with E-state index in [2.05, 4.69) is 24.0 Å². The first-order valence-electron chi connectivity index (χ1n) is 10.7. The van der Waals surface area contributed by atoms with Crippen molar-refractivity contribution >= 4 is 5.78 Å². The fourth-order valence-corrected chi connectivity index (χ4v) is 4.73. The van der Waals surface area contributed by atoms with Crippen LogP contribution < -0.4 is 9.47 Å². The lowest BCUT2D eigenvalue weighted by atomic mass is 9.74. The molecule has 2 aromatic carbocycles. The van der Waals surface area contributed by atoms with Crippen LogP contribution in [-0.2, 0) is 11.2 Å². The standard InChI is InChI=1S/C26H26N2O4/c1-14-9-18(23-20(13-27-28-23)15-5-7-16(31-4)8-6-15)24(30)19-10-17-21(29)11-26(2,3)12-22(17)32-25(14)19/h5-9,13,30H,10-12H2,1-4H3,(H,27,28). The number of phenols is 1. The predicted octanol–water partition coefficient (Wildman–Crippen LogP) is 5.34. The number of methoxy groups -OCH3 is 1. The Labute approximate surface area is 186 Å². The number of carbonyl (C=O) groups excluding carboxylic acids is 1. The number of ether oxygens (including phenoxy) is 2.